The summed E-state index contributed by atoms with van der Waals surface area (Å²) < 4.78 is 0. The highest BCUT2D eigenvalue weighted by atomic mass is 35.5. The van der Waals surface area contributed by atoms with Gasteiger partial charge in [0.2, 0.25) is 0 Å². The van der Waals surface area contributed by atoms with E-state index in [0.717, 1.165) is 5.69 Å². The van der Waals surface area contributed by atoms with Gasteiger partial charge in [-0.15, -0.1) is 0 Å². The van der Waals surface area contributed by atoms with Gasteiger partial charge in [0.15, 0.2) is 0 Å². The van der Waals surface area contributed by atoms with Crippen LogP contribution < -0.4 is 5.32 Å². The van der Waals surface area contributed by atoms with E-state index in [0.29, 0.717) is 23.3 Å². The Hall–Kier alpha value is -1.75. The molecule has 0 unspecified atom stereocenters. The molecule has 2 rings (SSSR count). The van der Waals surface area contributed by atoms with Crippen LogP contribution in [-0.2, 0) is 12.0 Å². The van der Waals surface area contributed by atoms with Crippen molar-refractivity contribution in [1.82, 2.24) is 20.2 Å². The van der Waals surface area contributed by atoms with Gasteiger partial charge in [-0.05, 0) is 12.1 Å². The molecule has 19 heavy (non-hydrogen) atoms. The molecule has 0 aliphatic heterocycles. The Morgan fingerprint density at radius 2 is 2.05 bits per heavy atom. The lowest BCUT2D eigenvalue weighted by Crippen LogP contribution is -2.17. The highest BCUT2D eigenvalue weighted by Gasteiger charge is 2.18. The standard InChI is InChI=1S/C13H16ClN5/c1-13(2,3)12-17-10(14)7-11(18-12)15-8-9-5-4-6-16-19-9/h4-7H,8H2,1-3H3,(H,15,17,18). The van der Waals surface area contributed by atoms with Crippen molar-refractivity contribution in [2.24, 2.45) is 0 Å². The van der Waals surface area contributed by atoms with E-state index in [4.69, 9.17) is 11.6 Å². The van der Waals surface area contributed by atoms with E-state index in [1.54, 1.807) is 12.3 Å². The lowest BCUT2D eigenvalue weighted by Gasteiger charge is -2.17. The molecule has 0 amide bonds. The molecule has 0 aliphatic carbocycles. The van der Waals surface area contributed by atoms with Crippen LogP contribution in [0.1, 0.15) is 32.3 Å². The average molecular weight is 278 g/mol. The minimum Gasteiger partial charge on any atom is -0.364 e. The molecular weight excluding hydrogens is 262 g/mol. The third-order valence-corrected chi connectivity index (χ3v) is 2.64. The maximum absolute atomic E-state index is 6.02. The Labute approximate surface area is 117 Å². The Morgan fingerprint density at radius 1 is 1.26 bits per heavy atom. The zero-order valence-electron chi connectivity index (χ0n) is 11.2. The molecule has 0 radical (unpaired) electrons. The summed E-state index contributed by atoms with van der Waals surface area (Å²) in [5.41, 5.74) is 0.697. The number of hydrogen-bond acceptors (Lipinski definition) is 5. The molecule has 1 N–H and O–H groups in total. The summed E-state index contributed by atoms with van der Waals surface area (Å²) in [4.78, 5) is 8.71. The SMILES string of the molecule is CC(C)(C)c1nc(Cl)cc(NCc2cccnn2)n1. The van der Waals surface area contributed by atoms with Crippen LogP contribution in [0.2, 0.25) is 5.15 Å². The number of rotatable bonds is 3. The van der Waals surface area contributed by atoms with E-state index in [1.165, 1.54) is 0 Å². The first kappa shape index (κ1) is 13.7. The second-order valence-corrected chi connectivity index (χ2v) is 5.61. The van der Waals surface area contributed by atoms with E-state index < -0.39 is 0 Å². The Morgan fingerprint density at radius 3 is 2.68 bits per heavy atom. The van der Waals surface area contributed by atoms with Gasteiger partial charge < -0.3 is 5.32 Å². The van der Waals surface area contributed by atoms with Crippen LogP contribution in [0.4, 0.5) is 5.82 Å². The molecule has 2 heterocycles. The van der Waals surface area contributed by atoms with Gasteiger partial charge in [-0.25, -0.2) is 9.97 Å². The van der Waals surface area contributed by atoms with Gasteiger partial charge >= 0.3 is 0 Å². The summed E-state index contributed by atoms with van der Waals surface area (Å²) in [5.74, 6) is 1.40. The number of aromatic nitrogens is 4. The van der Waals surface area contributed by atoms with Crippen molar-refractivity contribution >= 4 is 17.4 Å². The third-order valence-electron chi connectivity index (χ3n) is 2.44. The predicted octanol–water partition coefficient (Wildman–Crippen LogP) is 2.83. The first-order valence-electron chi connectivity index (χ1n) is 6.01. The van der Waals surface area contributed by atoms with Gasteiger partial charge in [0.25, 0.3) is 0 Å². The molecule has 0 spiro atoms. The summed E-state index contributed by atoms with van der Waals surface area (Å²) >= 11 is 6.02. The van der Waals surface area contributed by atoms with Crippen molar-refractivity contribution in [3.8, 4) is 0 Å². The summed E-state index contributed by atoms with van der Waals surface area (Å²) in [6, 6.07) is 5.44. The molecule has 2 aromatic rings. The van der Waals surface area contributed by atoms with E-state index >= 15 is 0 Å². The molecule has 0 atom stereocenters. The fourth-order valence-electron chi connectivity index (χ4n) is 1.45. The van der Waals surface area contributed by atoms with Gasteiger partial charge in [-0.1, -0.05) is 32.4 Å². The minimum atomic E-state index is -0.145. The van der Waals surface area contributed by atoms with Crippen LogP contribution in [0.25, 0.3) is 0 Å². The average Bonchev–Trinajstić information content (AvgIpc) is 2.36. The minimum absolute atomic E-state index is 0.145. The van der Waals surface area contributed by atoms with Crippen LogP contribution >= 0.6 is 11.6 Å². The van der Waals surface area contributed by atoms with Crippen LogP contribution in [0, 0.1) is 0 Å². The molecule has 2 aromatic heterocycles. The van der Waals surface area contributed by atoms with Crippen molar-refractivity contribution in [3.63, 3.8) is 0 Å². The largest absolute Gasteiger partial charge is 0.364 e. The van der Waals surface area contributed by atoms with Gasteiger partial charge in [-0.3, -0.25) is 0 Å². The lowest BCUT2D eigenvalue weighted by atomic mass is 9.96. The molecule has 0 bridgehead atoms. The molecule has 5 nitrogen and oxygen atoms in total. The molecule has 100 valence electrons. The van der Waals surface area contributed by atoms with E-state index in [9.17, 15) is 0 Å². The monoisotopic (exact) mass is 277 g/mol. The van der Waals surface area contributed by atoms with Crippen LogP contribution in [0.3, 0.4) is 0 Å². The number of hydrogen-bond donors (Lipinski definition) is 1. The fraction of sp³-hybridized carbons (Fsp3) is 0.385. The molecular formula is C13H16ClN5. The zero-order valence-corrected chi connectivity index (χ0v) is 11.9. The summed E-state index contributed by atoms with van der Waals surface area (Å²) in [5, 5.41) is 11.4. The van der Waals surface area contributed by atoms with Gasteiger partial charge in [-0.2, -0.15) is 10.2 Å². The molecule has 0 fully saturated rings. The second kappa shape index (κ2) is 5.48. The van der Waals surface area contributed by atoms with Crippen LogP contribution in [0.5, 0.6) is 0 Å². The van der Waals surface area contributed by atoms with Gasteiger partial charge in [0.1, 0.15) is 16.8 Å². The molecule has 0 aliphatic rings. The number of nitrogens with one attached hydrogen (secondary N) is 1. The van der Waals surface area contributed by atoms with E-state index in [-0.39, 0.29) is 5.41 Å². The van der Waals surface area contributed by atoms with Crippen molar-refractivity contribution in [1.29, 1.82) is 0 Å². The summed E-state index contributed by atoms with van der Waals surface area (Å²) in [6.45, 7) is 6.69. The predicted molar refractivity (Wildman–Crippen MR) is 75.1 cm³/mol. The highest BCUT2D eigenvalue weighted by molar-refractivity contribution is 6.29. The zero-order chi connectivity index (χ0) is 13.9. The maximum Gasteiger partial charge on any atom is 0.137 e. The Balaban J connectivity index is 2.15. The first-order chi connectivity index (χ1) is 8.95. The molecule has 0 saturated heterocycles. The van der Waals surface area contributed by atoms with Crippen molar-refractivity contribution < 1.29 is 0 Å². The molecule has 0 aromatic carbocycles. The Bertz CT molecular complexity index is 551. The highest BCUT2D eigenvalue weighted by Crippen LogP contribution is 2.22. The molecule has 6 heteroatoms. The number of halogens is 1. The van der Waals surface area contributed by atoms with Gasteiger partial charge in [0.05, 0.1) is 12.2 Å². The topological polar surface area (TPSA) is 63.6 Å². The van der Waals surface area contributed by atoms with Crippen molar-refractivity contribution in [2.75, 3.05) is 5.32 Å². The van der Waals surface area contributed by atoms with Crippen LogP contribution in [0.15, 0.2) is 24.4 Å². The number of anilines is 1. The number of nitrogens with zero attached hydrogens (tertiary/aromatic N) is 4. The van der Waals surface area contributed by atoms with E-state index in [1.807, 2.05) is 32.9 Å². The normalized spacial score (nSPS) is 11.4. The Kier molecular flexibility index (Phi) is 3.95. The summed E-state index contributed by atoms with van der Waals surface area (Å²) in [6.07, 6.45) is 1.64. The second-order valence-electron chi connectivity index (χ2n) is 5.22. The van der Waals surface area contributed by atoms with Gasteiger partial charge in [0, 0.05) is 17.7 Å². The van der Waals surface area contributed by atoms with Crippen LogP contribution in [-0.4, -0.2) is 20.2 Å². The smallest absolute Gasteiger partial charge is 0.137 e. The third kappa shape index (κ3) is 3.86. The summed E-state index contributed by atoms with van der Waals surface area (Å²) in [7, 11) is 0. The first-order valence-corrected chi connectivity index (χ1v) is 6.38. The lowest BCUT2D eigenvalue weighted by molar-refractivity contribution is 0.546. The fourth-order valence-corrected chi connectivity index (χ4v) is 1.64. The molecule has 0 saturated carbocycles. The van der Waals surface area contributed by atoms with Crippen molar-refractivity contribution in [2.45, 2.75) is 32.7 Å². The quantitative estimate of drug-likeness (QED) is 0.874. The van der Waals surface area contributed by atoms with E-state index in [2.05, 4.69) is 25.5 Å². The van der Waals surface area contributed by atoms with Crippen molar-refractivity contribution in [3.05, 3.63) is 41.1 Å². The maximum atomic E-state index is 6.02.